The van der Waals surface area contributed by atoms with E-state index in [1.54, 1.807) is 12.1 Å². The number of allylic oxidation sites excluding steroid dienone is 1. The first-order valence-electron chi connectivity index (χ1n) is 7.29. The number of halogens is 1. The van der Waals surface area contributed by atoms with Crippen molar-refractivity contribution in [1.82, 2.24) is 4.90 Å². The summed E-state index contributed by atoms with van der Waals surface area (Å²) in [5.41, 5.74) is 2.19. The van der Waals surface area contributed by atoms with Crippen molar-refractivity contribution in [2.75, 3.05) is 13.1 Å². The van der Waals surface area contributed by atoms with Crippen molar-refractivity contribution >= 4 is 5.57 Å². The summed E-state index contributed by atoms with van der Waals surface area (Å²) in [4.78, 5) is 2.52. The highest BCUT2D eigenvalue weighted by Gasteiger charge is 2.32. The normalized spacial score (nSPS) is 23.5. The Balaban J connectivity index is 2.18. The van der Waals surface area contributed by atoms with Crippen molar-refractivity contribution in [3.63, 3.8) is 0 Å². The standard InChI is InChI=1S/C17H24FN/c1-4-19(5-2)17(3)12-10-14(11-13-17)15-8-6-7-9-16(15)18/h6-10H,4-5,11-13H2,1-3H3. The zero-order valence-electron chi connectivity index (χ0n) is 12.2. The molecule has 0 spiro atoms. The first-order valence-corrected chi connectivity index (χ1v) is 7.29. The molecule has 1 aromatic rings. The molecule has 1 atom stereocenters. The van der Waals surface area contributed by atoms with E-state index in [-0.39, 0.29) is 11.4 Å². The van der Waals surface area contributed by atoms with Crippen LogP contribution in [0.4, 0.5) is 4.39 Å². The van der Waals surface area contributed by atoms with Gasteiger partial charge in [0.25, 0.3) is 0 Å². The molecule has 0 fully saturated rings. The molecule has 2 heteroatoms. The highest BCUT2D eigenvalue weighted by Crippen LogP contribution is 2.36. The maximum Gasteiger partial charge on any atom is 0.130 e. The SMILES string of the molecule is CCN(CC)C1(C)CC=C(c2ccccc2F)CC1. The maximum atomic E-state index is 13.8. The van der Waals surface area contributed by atoms with Crippen molar-refractivity contribution in [2.24, 2.45) is 0 Å². The number of hydrogen-bond donors (Lipinski definition) is 0. The molecule has 0 radical (unpaired) electrons. The summed E-state index contributed by atoms with van der Waals surface area (Å²) in [6.07, 6.45) is 5.32. The minimum atomic E-state index is -0.0970. The van der Waals surface area contributed by atoms with Gasteiger partial charge < -0.3 is 0 Å². The van der Waals surface area contributed by atoms with Crippen LogP contribution in [0.15, 0.2) is 30.3 Å². The van der Waals surface area contributed by atoms with Crippen LogP contribution in [-0.4, -0.2) is 23.5 Å². The van der Waals surface area contributed by atoms with Gasteiger partial charge >= 0.3 is 0 Å². The van der Waals surface area contributed by atoms with Crippen LogP contribution in [-0.2, 0) is 0 Å². The van der Waals surface area contributed by atoms with E-state index in [9.17, 15) is 4.39 Å². The molecule has 0 N–H and O–H groups in total. The molecule has 104 valence electrons. The van der Waals surface area contributed by atoms with Gasteiger partial charge in [-0.1, -0.05) is 38.1 Å². The smallest absolute Gasteiger partial charge is 0.130 e. The highest BCUT2D eigenvalue weighted by atomic mass is 19.1. The van der Waals surface area contributed by atoms with E-state index < -0.39 is 0 Å². The summed E-state index contributed by atoms with van der Waals surface area (Å²) < 4.78 is 13.8. The number of rotatable bonds is 4. The molecule has 0 aliphatic heterocycles. The monoisotopic (exact) mass is 261 g/mol. The summed E-state index contributed by atoms with van der Waals surface area (Å²) in [6, 6.07) is 7.11. The Morgan fingerprint density at radius 2 is 1.89 bits per heavy atom. The third kappa shape index (κ3) is 2.89. The molecule has 1 aromatic carbocycles. The second kappa shape index (κ2) is 5.87. The first-order chi connectivity index (χ1) is 9.10. The van der Waals surface area contributed by atoms with Gasteiger partial charge in [0.05, 0.1) is 0 Å². The lowest BCUT2D eigenvalue weighted by molar-refractivity contribution is 0.108. The van der Waals surface area contributed by atoms with Crippen LogP contribution in [0, 0.1) is 5.82 Å². The largest absolute Gasteiger partial charge is 0.298 e. The lowest BCUT2D eigenvalue weighted by atomic mass is 9.80. The highest BCUT2D eigenvalue weighted by molar-refractivity contribution is 5.67. The van der Waals surface area contributed by atoms with Gasteiger partial charge in [0.1, 0.15) is 5.82 Å². The lowest BCUT2D eigenvalue weighted by Gasteiger charge is -2.42. The predicted octanol–water partition coefficient (Wildman–Crippen LogP) is 4.49. The number of hydrogen-bond acceptors (Lipinski definition) is 1. The molecule has 0 aromatic heterocycles. The maximum absolute atomic E-state index is 13.8. The second-order valence-corrected chi connectivity index (χ2v) is 5.58. The topological polar surface area (TPSA) is 3.24 Å². The van der Waals surface area contributed by atoms with Gasteiger partial charge in [0, 0.05) is 11.1 Å². The van der Waals surface area contributed by atoms with E-state index >= 15 is 0 Å². The average Bonchev–Trinajstić information content (AvgIpc) is 2.42. The number of benzene rings is 1. The fourth-order valence-corrected chi connectivity index (χ4v) is 3.19. The predicted molar refractivity (Wildman–Crippen MR) is 79.6 cm³/mol. The van der Waals surface area contributed by atoms with Crippen molar-refractivity contribution in [3.8, 4) is 0 Å². The van der Waals surface area contributed by atoms with Crippen molar-refractivity contribution in [2.45, 2.75) is 45.6 Å². The van der Waals surface area contributed by atoms with Crippen LogP contribution in [0.5, 0.6) is 0 Å². The fraction of sp³-hybridized carbons (Fsp3) is 0.529. The summed E-state index contributed by atoms with van der Waals surface area (Å²) in [5, 5.41) is 0. The Morgan fingerprint density at radius 1 is 1.21 bits per heavy atom. The molecule has 0 bridgehead atoms. The first kappa shape index (κ1) is 14.3. The van der Waals surface area contributed by atoms with Crippen molar-refractivity contribution in [1.29, 1.82) is 0 Å². The van der Waals surface area contributed by atoms with Gasteiger partial charge in [-0.05, 0) is 50.9 Å². The molecule has 0 amide bonds. The van der Waals surface area contributed by atoms with Crippen LogP contribution < -0.4 is 0 Å². The quantitative estimate of drug-likeness (QED) is 0.771. The Hall–Kier alpha value is -1.15. The van der Waals surface area contributed by atoms with Gasteiger partial charge in [0.15, 0.2) is 0 Å². The molecule has 1 unspecified atom stereocenters. The molecule has 1 nitrogen and oxygen atoms in total. The van der Waals surface area contributed by atoms with Crippen LogP contribution in [0.2, 0.25) is 0 Å². The van der Waals surface area contributed by atoms with E-state index in [0.717, 1.165) is 37.9 Å². The molecule has 0 heterocycles. The molecule has 2 rings (SSSR count). The zero-order valence-corrected chi connectivity index (χ0v) is 12.2. The van der Waals surface area contributed by atoms with E-state index in [0.29, 0.717) is 0 Å². The third-order valence-corrected chi connectivity index (χ3v) is 4.47. The number of nitrogens with zero attached hydrogens (tertiary/aromatic N) is 1. The lowest BCUT2D eigenvalue weighted by Crippen LogP contribution is -2.46. The Kier molecular flexibility index (Phi) is 4.41. The summed E-state index contributed by atoms with van der Waals surface area (Å²) in [6.45, 7) is 8.91. The van der Waals surface area contributed by atoms with E-state index in [1.165, 1.54) is 5.57 Å². The van der Waals surface area contributed by atoms with Crippen LogP contribution >= 0.6 is 0 Å². The van der Waals surface area contributed by atoms with Gasteiger partial charge in [-0.15, -0.1) is 0 Å². The van der Waals surface area contributed by atoms with Crippen LogP contribution in [0.25, 0.3) is 5.57 Å². The third-order valence-electron chi connectivity index (χ3n) is 4.47. The molecular formula is C17H24FN. The average molecular weight is 261 g/mol. The van der Waals surface area contributed by atoms with Crippen LogP contribution in [0.3, 0.4) is 0 Å². The summed E-state index contributed by atoms with van der Waals surface area (Å²) >= 11 is 0. The Labute approximate surface area is 116 Å². The van der Waals surface area contributed by atoms with Gasteiger partial charge in [-0.2, -0.15) is 0 Å². The Bertz CT molecular complexity index is 462. The second-order valence-electron chi connectivity index (χ2n) is 5.58. The summed E-state index contributed by atoms with van der Waals surface area (Å²) in [5.74, 6) is -0.0970. The van der Waals surface area contributed by atoms with Gasteiger partial charge in [-0.3, -0.25) is 4.90 Å². The van der Waals surface area contributed by atoms with Gasteiger partial charge in [0.2, 0.25) is 0 Å². The van der Waals surface area contributed by atoms with E-state index in [1.807, 2.05) is 12.1 Å². The van der Waals surface area contributed by atoms with E-state index in [4.69, 9.17) is 0 Å². The molecule has 0 saturated heterocycles. The van der Waals surface area contributed by atoms with Crippen LogP contribution in [0.1, 0.15) is 45.6 Å². The minimum Gasteiger partial charge on any atom is -0.298 e. The fourth-order valence-electron chi connectivity index (χ4n) is 3.19. The zero-order chi connectivity index (χ0) is 13.9. The van der Waals surface area contributed by atoms with Crippen molar-refractivity contribution in [3.05, 3.63) is 41.7 Å². The molecular weight excluding hydrogens is 237 g/mol. The van der Waals surface area contributed by atoms with Gasteiger partial charge in [-0.25, -0.2) is 4.39 Å². The molecule has 1 aliphatic carbocycles. The van der Waals surface area contributed by atoms with Crippen molar-refractivity contribution < 1.29 is 4.39 Å². The molecule has 19 heavy (non-hydrogen) atoms. The summed E-state index contributed by atoms with van der Waals surface area (Å²) in [7, 11) is 0. The molecule has 1 aliphatic rings. The van der Waals surface area contributed by atoms with E-state index in [2.05, 4.69) is 31.7 Å². The molecule has 0 saturated carbocycles. The minimum absolute atomic E-state index is 0.0970. The Morgan fingerprint density at radius 3 is 2.42 bits per heavy atom.